The van der Waals surface area contributed by atoms with Crippen molar-refractivity contribution in [2.24, 2.45) is 0 Å². The Kier molecular flexibility index (Phi) is 4.82. The molecule has 0 aliphatic heterocycles. The Morgan fingerprint density at radius 3 is 2.63 bits per heavy atom. The smallest absolute Gasteiger partial charge is 0.127 e. The summed E-state index contributed by atoms with van der Waals surface area (Å²) in [5.41, 5.74) is 0.382. The second kappa shape index (κ2) is 6.21. The van der Waals surface area contributed by atoms with Crippen molar-refractivity contribution >= 4 is 11.6 Å². The van der Waals surface area contributed by atoms with Gasteiger partial charge in [0.15, 0.2) is 0 Å². The van der Waals surface area contributed by atoms with Gasteiger partial charge in [-0.1, -0.05) is 30.5 Å². The van der Waals surface area contributed by atoms with Crippen LogP contribution >= 0.6 is 11.6 Å². The van der Waals surface area contributed by atoms with E-state index >= 15 is 0 Å². The molecular formula is C15H21ClFNO. The number of halogens is 2. The van der Waals surface area contributed by atoms with Crippen molar-refractivity contribution in [2.75, 3.05) is 14.2 Å². The summed E-state index contributed by atoms with van der Waals surface area (Å²) in [6, 6.07) is 4.91. The maximum absolute atomic E-state index is 13.9. The third-order valence-electron chi connectivity index (χ3n) is 4.31. The average molecular weight is 286 g/mol. The lowest BCUT2D eigenvalue weighted by Gasteiger charge is -2.36. The summed E-state index contributed by atoms with van der Waals surface area (Å²) in [5.74, 6) is -0.239. The fourth-order valence-electron chi connectivity index (χ4n) is 3.15. The number of rotatable bonds is 5. The maximum atomic E-state index is 13.9. The van der Waals surface area contributed by atoms with Crippen molar-refractivity contribution in [1.29, 1.82) is 0 Å². The molecule has 1 fully saturated rings. The van der Waals surface area contributed by atoms with Crippen LogP contribution < -0.4 is 5.32 Å². The van der Waals surface area contributed by atoms with Crippen LogP contribution in [0, 0.1) is 5.82 Å². The SMILES string of the molecule is CNC(Cc1c(F)cccc1Cl)C1(OC)CCCC1. The van der Waals surface area contributed by atoms with E-state index in [0.29, 0.717) is 17.0 Å². The molecule has 19 heavy (non-hydrogen) atoms. The van der Waals surface area contributed by atoms with Gasteiger partial charge in [0.1, 0.15) is 5.82 Å². The van der Waals surface area contributed by atoms with Gasteiger partial charge in [0.25, 0.3) is 0 Å². The average Bonchev–Trinajstić information content (AvgIpc) is 2.88. The highest BCUT2D eigenvalue weighted by Gasteiger charge is 2.41. The lowest BCUT2D eigenvalue weighted by Crippen LogP contribution is -2.50. The third kappa shape index (κ3) is 2.93. The fraction of sp³-hybridized carbons (Fsp3) is 0.600. The third-order valence-corrected chi connectivity index (χ3v) is 4.66. The Bertz CT molecular complexity index is 412. The van der Waals surface area contributed by atoms with Crippen molar-refractivity contribution in [3.8, 4) is 0 Å². The molecule has 1 unspecified atom stereocenters. The first-order chi connectivity index (χ1) is 9.13. The lowest BCUT2D eigenvalue weighted by atomic mass is 9.87. The standard InChI is InChI=1S/C15H21ClFNO/c1-18-14(15(19-2)8-3-4-9-15)10-11-12(16)6-5-7-13(11)17/h5-7,14,18H,3-4,8-10H2,1-2H3. The number of nitrogens with one attached hydrogen (secondary N) is 1. The minimum Gasteiger partial charge on any atom is -0.377 e. The van der Waals surface area contributed by atoms with Crippen molar-refractivity contribution in [1.82, 2.24) is 5.32 Å². The van der Waals surface area contributed by atoms with Crippen LogP contribution in [0.5, 0.6) is 0 Å². The highest BCUT2D eigenvalue weighted by Crippen LogP contribution is 2.37. The van der Waals surface area contributed by atoms with Gasteiger partial charge >= 0.3 is 0 Å². The highest BCUT2D eigenvalue weighted by molar-refractivity contribution is 6.31. The van der Waals surface area contributed by atoms with E-state index in [4.69, 9.17) is 16.3 Å². The number of hydrogen-bond donors (Lipinski definition) is 1. The largest absolute Gasteiger partial charge is 0.377 e. The Labute approximate surface area is 119 Å². The molecule has 1 atom stereocenters. The zero-order chi connectivity index (χ0) is 13.9. The van der Waals surface area contributed by atoms with Crippen molar-refractivity contribution in [3.05, 3.63) is 34.6 Å². The van der Waals surface area contributed by atoms with E-state index in [1.54, 1.807) is 19.2 Å². The van der Waals surface area contributed by atoms with Crippen LogP contribution in [0.1, 0.15) is 31.2 Å². The van der Waals surface area contributed by atoms with E-state index in [1.165, 1.54) is 6.07 Å². The molecular weight excluding hydrogens is 265 g/mol. The maximum Gasteiger partial charge on any atom is 0.127 e. The Hall–Kier alpha value is -0.640. The highest BCUT2D eigenvalue weighted by atomic mass is 35.5. The molecule has 1 saturated carbocycles. The topological polar surface area (TPSA) is 21.3 Å². The zero-order valence-electron chi connectivity index (χ0n) is 11.5. The van der Waals surface area contributed by atoms with Crippen LogP contribution in [0.3, 0.4) is 0 Å². The molecule has 0 heterocycles. The van der Waals surface area contributed by atoms with Crippen LogP contribution in [-0.4, -0.2) is 25.8 Å². The Morgan fingerprint density at radius 2 is 2.11 bits per heavy atom. The summed E-state index contributed by atoms with van der Waals surface area (Å²) in [6.07, 6.45) is 4.91. The molecule has 2 nitrogen and oxygen atoms in total. The van der Waals surface area contributed by atoms with Crippen molar-refractivity contribution in [2.45, 2.75) is 43.7 Å². The van der Waals surface area contributed by atoms with Crippen LogP contribution in [0.2, 0.25) is 5.02 Å². The predicted octanol–water partition coefficient (Wildman–Crippen LogP) is 3.57. The quantitative estimate of drug-likeness (QED) is 0.893. The first-order valence-corrected chi connectivity index (χ1v) is 7.16. The van der Waals surface area contributed by atoms with Crippen LogP contribution in [0.4, 0.5) is 4.39 Å². The molecule has 2 rings (SSSR count). The van der Waals surface area contributed by atoms with Crippen molar-refractivity contribution < 1.29 is 9.13 Å². The minimum atomic E-state index is -0.239. The molecule has 4 heteroatoms. The molecule has 106 valence electrons. The van der Waals surface area contributed by atoms with Crippen LogP contribution in [0.15, 0.2) is 18.2 Å². The summed E-state index contributed by atoms with van der Waals surface area (Å²) >= 11 is 6.12. The molecule has 0 saturated heterocycles. The Balaban J connectivity index is 2.24. The summed E-state index contributed by atoms with van der Waals surface area (Å²) < 4.78 is 19.7. The number of benzene rings is 1. The fourth-order valence-corrected chi connectivity index (χ4v) is 3.39. The summed E-state index contributed by atoms with van der Waals surface area (Å²) in [7, 11) is 3.65. The normalized spacial score (nSPS) is 19.6. The van der Waals surface area contributed by atoms with Gasteiger partial charge in [0.05, 0.1) is 5.60 Å². The van der Waals surface area contributed by atoms with E-state index in [2.05, 4.69) is 5.32 Å². The molecule has 0 aromatic heterocycles. The van der Waals surface area contributed by atoms with Gasteiger partial charge in [-0.25, -0.2) is 4.39 Å². The molecule has 1 aliphatic rings. The second-order valence-corrected chi connectivity index (χ2v) is 5.63. The lowest BCUT2D eigenvalue weighted by molar-refractivity contribution is -0.0338. The van der Waals surface area contributed by atoms with E-state index in [0.717, 1.165) is 25.7 Å². The van der Waals surface area contributed by atoms with Crippen LogP contribution in [0.25, 0.3) is 0 Å². The molecule has 0 radical (unpaired) electrons. The van der Waals surface area contributed by atoms with Crippen molar-refractivity contribution in [3.63, 3.8) is 0 Å². The summed E-state index contributed by atoms with van der Waals surface area (Å²) in [6.45, 7) is 0. The summed E-state index contributed by atoms with van der Waals surface area (Å²) in [4.78, 5) is 0. The molecule has 0 bridgehead atoms. The number of likely N-dealkylation sites (N-methyl/N-ethyl adjacent to an activating group) is 1. The number of hydrogen-bond acceptors (Lipinski definition) is 2. The first-order valence-electron chi connectivity index (χ1n) is 6.78. The second-order valence-electron chi connectivity index (χ2n) is 5.22. The van der Waals surface area contributed by atoms with Crippen LogP contribution in [-0.2, 0) is 11.2 Å². The van der Waals surface area contributed by atoms with E-state index < -0.39 is 0 Å². The molecule has 0 amide bonds. The van der Waals surface area contributed by atoms with E-state index in [9.17, 15) is 4.39 Å². The molecule has 1 aliphatic carbocycles. The van der Waals surface area contributed by atoms with E-state index in [-0.39, 0.29) is 17.5 Å². The number of methoxy groups -OCH3 is 1. The van der Waals surface area contributed by atoms with Gasteiger partial charge in [-0.3, -0.25) is 0 Å². The van der Waals surface area contributed by atoms with Gasteiger partial charge in [-0.15, -0.1) is 0 Å². The monoisotopic (exact) mass is 285 g/mol. The molecule has 1 aromatic carbocycles. The van der Waals surface area contributed by atoms with Gasteiger partial charge < -0.3 is 10.1 Å². The number of ether oxygens (including phenoxy) is 1. The summed E-state index contributed by atoms with van der Waals surface area (Å²) in [5, 5.41) is 3.78. The Morgan fingerprint density at radius 1 is 1.42 bits per heavy atom. The van der Waals surface area contributed by atoms with Gasteiger partial charge in [0.2, 0.25) is 0 Å². The first kappa shape index (κ1) is 14.8. The zero-order valence-corrected chi connectivity index (χ0v) is 12.3. The molecule has 1 N–H and O–H groups in total. The van der Waals surface area contributed by atoms with Gasteiger partial charge in [-0.05, 0) is 38.4 Å². The molecule has 1 aromatic rings. The van der Waals surface area contributed by atoms with Gasteiger partial charge in [-0.2, -0.15) is 0 Å². The minimum absolute atomic E-state index is 0.0781. The van der Waals surface area contributed by atoms with Gasteiger partial charge in [0, 0.05) is 23.7 Å². The molecule has 0 spiro atoms. The predicted molar refractivity (Wildman–Crippen MR) is 76.2 cm³/mol. The van der Waals surface area contributed by atoms with E-state index in [1.807, 2.05) is 7.05 Å².